The maximum atomic E-state index is 11.5. The number of amides is 1. The summed E-state index contributed by atoms with van der Waals surface area (Å²) in [5.41, 5.74) is 1.04. The highest BCUT2D eigenvalue weighted by atomic mass is 35.5. The number of thioether (sulfide) groups is 1. The molecule has 0 fully saturated rings. The van der Waals surface area contributed by atoms with E-state index in [1.165, 1.54) is 4.90 Å². The molecular weight excluding hydrogens is 408 g/mol. The van der Waals surface area contributed by atoms with Crippen molar-refractivity contribution in [1.29, 1.82) is 0 Å². The molecule has 0 saturated carbocycles. The molecule has 6 nitrogen and oxygen atoms in total. The Morgan fingerprint density at radius 2 is 1.93 bits per heavy atom. The molecule has 0 saturated heterocycles. The molecule has 29 heavy (non-hydrogen) atoms. The lowest BCUT2D eigenvalue weighted by Gasteiger charge is -2.13. The first kappa shape index (κ1) is 22.9. The predicted molar refractivity (Wildman–Crippen MR) is 121 cm³/mol. The molecule has 0 aliphatic rings. The summed E-state index contributed by atoms with van der Waals surface area (Å²) in [6, 6.07) is 15.5. The van der Waals surface area contributed by atoms with Crippen LogP contribution in [0.1, 0.15) is 12.5 Å². The minimum atomic E-state index is -0.128. The Kier molecular flexibility index (Phi) is 10.2. The number of carbonyl (C=O) groups is 1. The Morgan fingerprint density at radius 1 is 1.14 bits per heavy atom. The molecule has 0 radical (unpaired) electrons. The quantitative estimate of drug-likeness (QED) is 0.231. The van der Waals surface area contributed by atoms with Gasteiger partial charge in [0.1, 0.15) is 5.75 Å². The highest BCUT2D eigenvalue weighted by Gasteiger charge is 2.03. The standard InChI is InChI=1S/C21H27ClN4O2S/c1-3-24-20(27)15-28-18-6-4-5-16(13-18)14-26-21(23-2)25-11-12-29-19-9-7-17(22)8-10-19/h4-10,13H,3,11-12,14-15H2,1-2H3,(H,24,27)(H2,23,25,26). The molecule has 0 aromatic heterocycles. The summed E-state index contributed by atoms with van der Waals surface area (Å²) in [6.45, 7) is 3.86. The molecule has 0 aliphatic carbocycles. The van der Waals surface area contributed by atoms with Gasteiger partial charge in [-0.1, -0.05) is 23.7 Å². The van der Waals surface area contributed by atoms with Gasteiger partial charge in [0.05, 0.1) is 0 Å². The van der Waals surface area contributed by atoms with Gasteiger partial charge in [-0.2, -0.15) is 0 Å². The summed E-state index contributed by atoms with van der Waals surface area (Å²) < 4.78 is 5.53. The van der Waals surface area contributed by atoms with Crippen molar-refractivity contribution in [2.75, 3.05) is 32.5 Å². The van der Waals surface area contributed by atoms with Crippen molar-refractivity contribution in [3.05, 3.63) is 59.1 Å². The lowest BCUT2D eigenvalue weighted by atomic mass is 10.2. The largest absolute Gasteiger partial charge is 0.484 e. The molecule has 156 valence electrons. The van der Waals surface area contributed by atoms with Gasteiger partial charge >= 0.3 is 0 Å². The molecule has 8 heteroatoms. The molecule has 0 unspecified atom stereocenters. The van der Waals surface area contributed by atoms with Gasteiger partial charge in [0.2, 0.25) is 0 Å². The summed E-state index contributed by atoms with van der Waals surface area (Å²) in [7, 11) is 1.74. The van der Waals surface area contributed by atoms with Crippen molar-refractivity contribution in [1.82, 2.24) is 16.0 Å². The van der Waals surface area contributed by atoms with E-state index in [4.69, 9.17) is 16.3 Å². The zero-order chi connectivity index (χ0) is 20.9. The molecule has 0 spiro atoms. The number of halogens is 1. The second kappa shape index (κ2) is 13.0. The average molecular weight is 435 g/mol. The third-order valence-electron chi connectivity index (χ3n) is 3.80. The normalized spacial score (nSPS) is 11.1. The van der Waals surface area contributed by atoms with Crippen LogP contribution in [0, 0.1) is 0 Å². The van der Waals surface area contributed by atoms with Crippen molar-refractivity contribution < 1.29 is 9.53 Å². The summed E-state index contributed by atoms with van der Waals surface area (Å²) in [4.78, 5) is 16.9. The van der Waals surface area contributed by atoms with E-state index in [1.54, 1.807) is 18.8 Å². The number of rotatable bonds is 10. The molecule has 2 rings (SSSR count). The summed E-state index contributed by atoms with van der Waals surface area (Å²) >= 11 is 7.66. The van der Waals surface area contributed by atoms with Gasteiger partial charge in [-0.15, -0.1) is 11.8 Å². The van der Waals surface area contributed by atoms with Gasteiger partial charge in [-0.05, 0) is 48.9 Å². The average Bonchev–Trinajstić information content (AvgIpc) is 2.73. The highest BCUT2D eigenvalue weighted by molar-refractivity contribution is 7.99. The number of nitrogens with one attached hydrogen (secondary N) is 3. The van der Waals surface area contributed by atoms with Gasteiger partial charge in [0, 0.05) is 42.4 Å². The maximum absolute atomic E-state index is 11.5. The van der Waals surface area contributed by atoms with Crippen LogP contribution in [0.5, 0.6) is 5.75 Å². The van der Waals surface area contributed by atoms with Crippen molar-refractivity contribution in [3.8, 4) is 5.75 Å². The minimum absolute atomic E-state index is 0.0131. The van der Waals surface area contributed by atoms with Crippen LogP contribution in [0.3, 0.4) is 0 Å². The number of carbonyl (C=O) groups excluding carboxylic acids is 1. The minimum Gasteiger partial charge on any atom is -0.484 e. The Bertz CT molecular complexity index is 800. The number of aliphatic imine (C=N–C) groups is 1. The fraction of sp³-hybridized carbons (Fsp3) is 0.333. The number of guanidine groups is 1. The molecule has 2 aromatic carbocycles. The number of benzene rings is 2. The van der Waals surface area contributed by atoms with Crippen LogP contribution in [-0.4, -0.2) is 44.4 Å². The van der Waals surface area contributed by atoms with Crippen LogP contribution in [-0.2, 0) is 11.3 Å². The van der Waals surface area contributed by atoms with Crippen molar-refractivity contribution in [3.63, 3.8) is 0 Å². The zero-order valence-corrected chi connectivity index (χ0v) is 18.3. The topological polar surface area (TPSA) is 74.8 Å². The van der Waals surface area contributed by atoms with E-state index in [1.807, 2.05) is 55.5 Å². The Morgan fingerprint density at radius 3 is 2.66 bits per heavy atom. The maximum Gasteiger partial charge on any atom is 0.257 e. The highest BCUT2D eigenvalue weighted by Crippen LogP contribution is 2.19. The van der Waals surface area contributed by atoms with Crippen LogP contribution in [0.2, 0.25) is 5.02 Å². The predicted octanol–water partition coefficient (Wildman–Crippen LogP) is 3.31. The zero-order valence-electron chi connectivity index (χ0n) is 16.7. The Labute approximate surface area is 181 Å². The number of likely N-dealkylation sites (N-methyl/N-ethyl adjacent to an activating group) is 1. The SMILES string of the molecule is CCNC(=O)COc1cccc(CNC(=NC)NCCSc2ccc(Cl)cc2)c1. The smallest absolute Gasteiger partial charge is 0.257 e. The molecule has 0 atom stereocenters. The van der Waals surface area contributed by atoms with E-state index in [-0.39, 0.29) is 12.5 Å². The van der Waals surface area contributed by atoms with Gasteiger partial charge in [-0.25, -0.2) is 0 Å². The number of hydrogen-bond acceptors (Lipinski definition) is 4. The van der Waals surface area contributed by atoms with E-state index in [0.29, 0.717) is 18.8 Å². The van der Waals surface area contributed by atoms with Gasteiger partial charge < -0.3 is 20.7 Å². The van der Waals surface area contributed by atoms with Crippen LogP contribution in [0.4, 0.5) is 0 Å². The fourth-order valence-electron chi connectivity index (χ4n) is 2.42. The fourth-order valence-corrected chi connectivity index (χ4v) is 3.31. The summed E-state index contributed by atoms with van der Waals surface area (Å²) in [5.74, 6) is 2.18. The Hall–Kier alpha value is -2.38. The van der Waals surface area contributed by atoms with E-state index in [0.717, 1.165) is 28.8 Å². The molecule has 1 amide bonds. The monoisotopic (exact) mass is 434 g/mol. The van der Waals surface area contributed by atoms with Crippen LogP contribution in [0.15, 0.2) is 58.4 Å². The van der Waals surface area contributed by atoms with Crippen molar-refractivity contribution >= 4 is 35.2 Å². The van der Waals surface area contributed by atoms with Gasteiger partial charge in [0.25, 0.3) is 5.91 Å². The third-order valence-corrected chi connectivity index (χ3v) is 5.07. The molecule has 0 aliphatic heterocycles. The Balaban J connectivity index is 1.72. The molecule has 2 aromatic rings. The van der Waals surface area contributed by atoms with Crippen LogP contribution < -0.4 is 20.7 Å². The number of nitrogens with zero attached hydrogens (tertiary/aromatic N) is 1. The van der Waals surface area contributed by atoms with Crippen LogP contribution in [0.25, 0.3) is 0 Å². The van der Waals surface area contributed by atoms with E-state index in [9.17, 15) is 4.79 Å². The van der Waals surface area contributed by atoms with E-state index >= 15 is 0 Å². The first-order chi connectivity index (χ1) is 14.1. The molecule has 0 bridgehead atoms. The number of hydrogen-bond donors (Lipinski definition) is 3. The molecular formula is C21H27ClN4O2S. The van der Waals surface area contributed by atoms with E-state index in [2.05, 4.69) is 20.9 Å². The van der Waals surface area contributed by atoms with Crippen LogP contribution >= 0.6 is 23.4 Å². The lowest BCUT2D eigenvalue weighted by Crippen LogP contribution is -2.37. The summed E-state index contributed by atoms with van der Waals surface area (Å²) in [6.07, 6.45) is 0. The summed E-state index contributed by atoms with van der Waals surface area (Å²) in [5, 5.41) is 10.0. The van der Waals surface area contributed by atoms with Gasteiger partial charge in [0.15, 0.2) is 12.6 Å². The second-order valence-corrected chi connectivity index (χ2v) is 7.65. The second-order valence-electron chi connectivity index (χ2n) is 6.04. The first-order valence-corrected chi connectivity index (χ1v) is 10.8. The van der Waals surface area contributed by atoms with E-state index < -0.39 is 0 Å². The molecule has 3 N–H and O–H groups in total. The first-order valence-electron chi connectivity index (χ1n) is 9.42. The number of ether oxygens (including phenoxy) is 1. The van der Waals surface area contributed by atoms with Crippen molar-refractivity contribution in [2.24, 2.45) is 4.99 Å². The third kappa shape index (κ3) is 9.11. The molecule has 0 heterocycles. The van der Waals surface area contributed by atoms with Crippen molar-refractivity contribution in [2.45, 2.75) is 18.4 Å². The lowest BCUT2D eigenvalue weighted by molar-refractivity contribution is -0.122. The van der Waals surface area contributed by atoms with Gasteiger partial charge in [-0.3, -0.25) is 9.79 Å².